The Kier molecular flexibility index (Phi) is 3.82. The Balaban J connectivity index is 1.66. The molecule has 0 radical (unpaired) electrons. The van der Waals surface area contributed by atoms with Crippen molar-refractivity contribution in [2.45, 2.75) is 0 Å². The van der Waals surface area contributed by atoms with Gasteiger partial charge in [0.25, 0.3) is 0 Å². The fraction of sp³-hybridized carbons (Fsp3) is 0.286. The van der Waals surface area contributed by atoms with Crippen LogP contribution in [0.25, 0.3) is 0 Å². The van der Waals surface area contributed by atoms with E-state index < -0.39 is 0 Å². The molecule has 104 valence electrons. The van der Waals surface area contributed by atoms with Crippen molar-refractivity contribution < 1.29 is 4.39 Å². The summed E-state index contributed by atoms with van der Waals surface area (Å²) in [6, 6.07) is 5.25. The van der Waals surface area contributed by atoms with Crippen LogP contribution in [0.3, 0.4) is 0 Å². The second-order valence-corrected chi connectivity index (χ2v) is 5.59. The van der Waals surface area contributed by atoms with Gasteiger partial charge in [0.1, 0.15) is 11.6 Å². The van der Waals surface area contributed by atoms with Crippen LogP contribution >= 0.6 is 15.9 Å². The molecule has 0 atom stereocenters. The number of nitrogens with zero attached hydrogens (tertiary/aromatic N) is 4. The molecule has 0 spiro atoms. The third kappa shape index (κ3) is 2.90. The minimum atomic E-state index is -0.299. The van der Waals surface area contributed by atoms with E-state index in [1.165, 1.54) is 12.3 Å². The molecule has 1 aliphatic heterocycles. The summed E-state index contributed by atoms with van der Waals surface area (Å²) in [5.74, 6) is 0.533. The predicted octanol–water partition coefficient (Wildman–Crippen LogP) is 2.70. The molecule has 1 fully saturated rings. The van der Waals surface area contributed by atoms with Gasteiger partial charge in [-0.15, -0.1) is 0 Å². The van der Waals surface area contributed by atoms with Crippen molar-refractivity contribution in [3.63, 3.8) is 0 Å². The molecule has 0 aliphatic carbocycles. The molecular formula is C14H14BrFN4. The summed E-state index contributed by atoms with van der Waals surface area (Å²) in [4.78, 5) is 12.8. The topological polar surface area (TPSA) is 32.3 Å². The van der Waals surface area contributed by atoms with Crippen LogP contribution in [0.2, 0.25) is 0 Å². The zero-order chi connectivity index (χ0) is 13.9. The van der Waals surface area contributed by atoms with E-state index in [0.29, 0.717) is 0 Å². The molecule has 0 unspecified atom stereocenters. The molecule has 0 saturated carbocycles. The zero-order valence-electron chi connectivity index (χ0n) is 10.8. The molecule has 4 nitrogen and oxygen atoms in total. The number of rotatable bonds is 2. The Morgan fingerprint density at radius 2 is 1.75 bits per heavy atom. The summed E-state index contributed by atoms with van der Waals surface area (Å²) in [5.41, 5.74) is 1.12. The SMILES string of the molecule is Fc1ccc(N2CCN(c3cncc(Br)c3)CC2)nc1. The zero-order valence-corrected chi connectivity index (χ0v) is 12.4. The molecule has 2 aromatic heterocycles. The second-order valence-electron chi connectivity index (χ2n) is 4.67. The quantitative estimate of drug-likeness (QED) is 0.844. The van der Waals surface area contributed by atoms with E-state index in [0.717, 1.165) is 42.2 Å². The standard InChI is InChI=1S/C14H14BrFN4/c15-11-7-13(10-17-8-11)19-3-5-20(6-4-19)14-2-1-12(16)9-18-14/h1-2,7-10H,3-6H2. The number of hydrogen-bond acceptors (Lipinski definition) is 4. The second kappa shape index (κ2) is 5.75. The van der Waals surface area contributed by atoms with Crippen LogP contribution in [0.5, 0.6) is 0 Å². The summed E-state index contributed by atoms with van der Waals surface area (Å²) in [6.45, 7) is 3.53. The van der Waals surface area contributed by atoms with Crippen molar-refractivity contribution in [3.05, 3.63) is 47.1 Å². The maximum Gasteiger partial charge on any atom is 0.141 e. The van der Waals surface area contributed by atoms with Gasteiger partial charge >= 0.3 is 0 Å². The van der Waals surface area contributed by atoms with Crippen molar-refractivity contribution in [3.8, 4) is 0 Å². The van der Waals surface area contributed by atoms with Crippen molar-refractivity contribution in [1.82, 2.24) is 9.97 Å². The van der Waals surface area contributed by atoms with Crippen molar-refractivity contribution in [2.24, 2.45) is 0 Å². The largest absolute Gasteiger partial charge is 0.367 e. The van der Waals surface area contributed by atoms with Crippen molar-refractivity contribution in [1.29, 1.82) is 0 Å². The molecule has 0 N–H and O–H groups in total. The first-order chi connectivity index (χ1) is 9.72. The fourth-order valence-corrected chi connectivity index (χ4v) is 2.68. The minimum Gasteiger partial charge on any atom is -0.367 e. The summed E-state index contributed by atoms with van der Waals surface area (Å²) >= 11 is 3.44. The molecule has 1 aliphatic rings. The number of hydrogen-bond donors (Lipinski definition) is 0. The van der Waals surface area contributed by atoms with Gasteiger partial charge in [0.2, 0.25) is 0 Å². The molecular weight excluding hydrogens is 323 g/mol. The van der Waals surface area contributed by atoms with Crippen LogP contribution in [-0.2, 0) is 0 Å². The first-order valence-corrected chi connectivity index (χ1v) is 7.24. The Hall–Kier alpha value is -1.69. The number of piperazine rings is 1. The van der Waals surface area contributed by atoms with Gasteiger partial charge in [-0.3, -0.25) is 4.98 Å². The molecule has 0 amide bonds. The molecule has 2 aromatic rings. The maximum absolute atomic E-state index is 12.9. The molecule has 3 heterocycles. The van der Waals surface area contributed by atoms with Crippen molar-refractivity contribution >= 4 is 27.4 Å². The monoisotopic (exact) mass is 336 g/mol. The van der Waals surface area contributed by atoms with Gasteiger partial charge in [-0.2, -0.15) is 0 Å². The van der Waals surface area contributed by atoms with Gasteiger partial charge in [-0.05, 0) is 34.1 Å². The lowest BCUT2D eigenvalue weighted by Crippen LogP contribution is -2.46. The van der Waals surface area contributed by atoms with E-state index in [-0.39, 0.29) is 5.82 Å². The summed E-state index contributed by atoms with van der Waals surface area (Å²) < 4.78 is 13.9. The number of pyridine rings is 2. The first kappa shape index (κ1) is 13.3. The minimum absolute atomic E-state index is 0.299. The van der Waals surface area contributed by atoms with Gasteiger partial charge in [0.15, 0.2) is 0 Å². The lowest BCUT2D eigenvalue weighted by molar-refractivity contribution is 0.615. The van der Waals surface area contributed by atoms with E-state index in [2.05, 4.69) is 41.8 Å². The van der Waals surface area contributed by atoms with Gasteiger partial charge in [-0.1, -0.05) is 0 Å². The molecule has 20 heavy (non-hydrogen) atoms. The van der Waals surface area contributed by atoms with Crippen LogP contribution in [0.1, 0.15) is 0 Å². The first-order valence-electron chi connectivity index (χ1n) is 6.44. The Labute approximate surface area is 125 Å². The number of aromatic nitrogens is 2. The molecule has 0 aromatic carbocycles. The highest BCUT2D eigenvalue weighted by atomic mass is 79.9. The summed E-state index contributed by atoms with van der Waals surface area (Å²) in [7, 11) is 0. The average Bonchev–Trinajstić information content (AvgIpc) is 2.48. The molecule has 3 rings (SSSR count). The fourth-order valence-electron chi connectivity index (χ4n) is 2.32. The van der Waals surface area contributed by atoms with Gasteiger partial charge < -0.3 is 9.80 Å². The number of anilines is 2. The molecule has 1 saturated heterocycles. The Bertz CT molecular complexity index is 582. The Morgan fingerprint density at radius 3 is 2.40 bits per heavy atom. The van der Waals surface area contributed by atoms with E-state index in [4.69, 9.17) is 0 Å². The van der Waals surface area contributed by atoms with Crippen molar-refractivity contribution in [2.75, 3.05) is 36.0 Å². The highest BCUT2D eigenvalue weighted by Gasteiger charge is 2.18. The van der Waals surface area contributed by atoms with Crippen LogP contribution in [0, 0.1) is 5.82 Å². The van der Waals surface area contributed by atoms with Gasteiger partial charge in [-0.25, -0.2) is 9.37 Å². The van der Waals surface area contributed by atoms with Crippen LogP contribution < -0.4 is 9.80 Å². The lowest BCUT2D eigenvalue weighted by Gasteiger charge is -2.36. The third-order valence-electron chi connectivity index (χ3n) is 3.37. The van der Waals surface area contributed by atoms with E-state index in [1.807, 2.05) is 6.20 Å². The van der Waals surface area contributed by atoms with Crippen LogP contribution in [0.4, 0.5) is 15.9 Å². The molecule has 0 bridgehead atoms. The summed E-state index contributed by atoms with van der Waals surface area (Å²) in [5, 5.41) is 0. The predicted molar refractivity (Wildman–Crippen MR) is 80.6 cm³/mol. The lowest BCUT2D eigenvalue weighted by atomic mass is 10.2. The van der Waals surface area contributed by atoms with Gasteiger partial charge in [0, 0.05) is 36.8 Å². The highest BCUT2D eigenvalue weighted by molar-refractivity contribution is 9.10. The van der Waals surface area contributed by atoms with Crippen LogP contribution in [-0.4, -0.2) is 36.1 Å². The maximum atomic E-state index is 12.9. The van der Waals surface area contributed by atoms with Crippen LogP contribution in [0.15, 0.2) is 41.3 Å². The third-order valence-corrected chi connectivity index (χ3v) is 3.80. The smallest absolute Gasteiger partial charge is 0.141 e. The van der Waals surface area contributed by atoms with E-state index >= 15 is 0 Å². The highest BCUT2D eigenvalue weighted by Crippen LogP contribution is 2.21. The summed E-state index contributed by atoms with van der Waals surface area (Å²) in [6.07, 6.45) is 4.92. The average molecular weight is 337 g/mol. The Morgan fingerprint density at radius 1 is 1.00 bits per heavy atom. The van der Waals surface area contributed by atoms with Gasteiger partial charge in [0.05, 0.1) is 18.1 Å². The normalized spacial score (nSPS) is 15.5. The van der Waals surface area contributed by atoms with E-state index in [1.54, 1.807) is 12.3 Å². The van der Waals surface area contributed by atoms with E-state index in [9.17, 15) is 4.39 Å². The number of halogens is 2. The molecule has 6 heteroatoms.